The van der Waals surface area contributed by atoms with Gasteiger partial charge in [-0.1, -0.05) is 13.3 Å². The Morgan fingerprint density at radius 2 is 1.91 bits per heavy atom. The Kier molecular flexibility index (Phi) is 4.45. The minimum atomic E-state index is -1.09. The number of amides is 1. The number of aliphatic hydroxyl groups is 1. The lowest BCUT2D eigenvalue weighted by atomic mass is 9.59. The fourth-order valence-electron chi connectivity index (χ4n) is 3.60. The lowest BCUT2D eigenvalue weighted by molar-refractivity contribution is -0.166. The van der Waals surface area contributed by atoms with Gasteiger partial charge in [-0.3, -0.25) is 0 Å². The van der Waals surface area contributed by atoms with Gasteiger partial charge in [-0.15, -0.1) is 0 Å². The molecule has 1 heterocycles. The minimum absolute atomic E-state index is 0.201. The van der Waals surface area contributed by atoms with Crippen molar-refractivity contribution in [3.05, 3.63) is 0 Å². The van der Waals surface area contributed by atoms with Crippen molar-refractivity contribution in [2.24, 2.45) is 11.3 Å². The predicted octanol–water partition coefficient (Wildman–Crippen LogP) is 3.08. The van der Waals surface area contributed by atoms with E-state index in [1.165, 1.54) is 4.90 Å². The maximum atomic E-state index is 12.0. The normalized spacial score (nSPS) is 31.1. The lowest BCUT2D eigenvalue weighted by Gasteiger charge is -2.55. The quantitative estimate of drug-likeness (QED) is 0.850. The Labute approximate surface area is 133 Å². The number of nitriles is 1. The summed E-state index contributed by atoms with van der Waals surface area (Å²) in [5.41, 5.74) is -2.34. The third kappa shape index (κ3) is 3.08. The summed E-state index contributed by atoms with van der Waals surface area (Å²) in [5, 5.41) is 20.6. The highest BCUT2D eigenvalue weighted by Gasteiger charge is 2.60. The number of likely N-dealkylation sites (tertiary alicyclic amines) is 1. The summed E-state index contributed by atoms with van der Waals surface area (Å²) < 4.78 is 5.32. The number of rotatable bonds is 2. The van der Waals surface area contributed by atoms with Gasteiger partial charge in [0.05, 0.1) is 24.6 Å². The molecule has 0 aromatic rings. The highest BCUT2D eigenvalue weighted by atomic mass is 16.6. The number of carbonyl (C=O) groups is 1. The molecule has 1 aliphatic heterocycles. The second-order valence-electron chi connectivity index (χ2n) is 7.91. The Balaban J connectivity index is 1.99. The van der Waals surface area contributed by atoms with Gasteiger partial charge in [-0.2, -0.15) is 5.26 Å². The standard InChI is InChI=1S/C17H28N2O3/c1-5-13-6-8-16(10-18,9-7-13)17(21)11-19(12-17)14(20)22-15(2,3)4/h13,21H,5-9,11-12H2,1-4H3. The number of β-amino-alcohol motifs (C(OH)–C–C–N with tert-alkyl or cyclic N) is 1. The van der Waals surface area contributed by atoms with Gasteiger partial charge >= 0.3 is 6.09 Å². The Bertz CT molecular complexity index is 461. The van der Waals surface area contributed by atoms with Crippen LogP contribution in [0.5, 0.6) is 0 Å². The summed E-state index contributed by atoms with van der Waals surface area (Å²) in [6.45, 7) is 8.03. The maximum absolute atomic E-state index is 12.0. The molecule has 0 unspecified atom stereocenters. The van der Waals surface area contributed by atoms with Crippen LogP contribution in [-0.2, 0) is 4.74 Å². The summed E-state index contributed by atoms with van der Waals surface area (Å²) in [6.07, 6.45) is 4.13. The van der Waals surface area contributed by atoms with Crippen LogP contribution in [0.25, 0.3) is 0 Å². The average molecular weight is 308 g/mol. The van der Waals surface area contributed by atoms with Crippen LogP contribution >= 0.6 is 0 Å². The SMILES string of the molecule is CCC1CCC(C#N)(C2(O)CN(C(=O)OC(C)(C)C)C2)CC1. The van der Waals surface area contributed by atoms with Crippen LogP contribution in [0.4, 0.5) is 4.79 Å². The van der Waals surface area contributed by atoms with Gasteiger partial charge in [0.1, 0.15) is 11.2 Å². The molecule has 2 fully saturated rings. The van der Waals surface area contributed by atoms with Crippen LogP contribution < -0.4 is 0 Å². The molecule has 2 aliphatic rings. The molecular weight excluding hydrogens is 280 g/mol. The van der Waals surface area contributed by atoms with Crippen molar-refractivity contribution >= 4 is 6.09 Å². The zero-order valence-corrected chi connectivity index (χ0v) is 14.2. The maximum Gasteiger partial charge on any atom is 0.410 e. The van der Waals surface area contributed by atoms with Gasteiger partial charge in [0.15, 0.2) is 0 Å². The summed E-state index contributed by atoms with van der Waals surface area (Å²) in [4.78, 5) is 13.5. The van der Waals surface area contributed by atoms with E-state index in [0.29, 0.717) is 5.92 Å². The fourth-order valence-corrected chi connectivity index (χ4v) is 3.60. The van der Waals surface area contributed by atoms with Gasteiger partial charge in [-0.25, -0.2) is 4.79 Å². The van der Waals surface area contributed by atoms with Crippen molar-refractivity contribution < 1.29 is 14.6 Å². The van der Waals surface area contributed by atoms with E-state index < -0.39 is 22.7 Å². The average Bonchev–Trinajstić information content (AvgIpc) is 2.42. The zero-order chi connectivity index (χ0) is 16.6. The zero-order valence-electron chi connectivity index (χ0n) is 14.2. The third-order valence-electron chi connectivity index (χ3n) is 5.20. The molecular formula is C17H28N2O3. The molecule has 1 amide bonds. The smallest absolute Gasteiger partial charge is 0.410 e. The molecule has 5 heteroatoms. The van der Waals surface area contributed by atoms with Crippen molar-refractivity contribution in [2.45, 2.75) is 71.0 Å². The first-order valence-corrected chi connectivity index (χ1v) is 8.26. The van der Waals surface area contributed by atoms with Crippen molar-refractivity contribution in [2.75, 3.05) is 13.1 Å². The van der Waals surface area contributed by atoms with E-state index in [9.17, 15) is 15.2 Å². The summed E-state index contributed by atoms with van der Waals surface area (Å²) in [6, 6.07) is 2.38. The highest BCUT2D eigenvalue weighted by Crippen LogP contribution is 2.50. The molecule has 1 saturated carbocycles. The van der Waals surface area contributed by atoms with Gasteiger partial charge in [0.25, 0.3) is 0 Å². The van der Waals surface area contributed by atoms with Crippen molar-refractivity contribution in [1.82, 2.24) is 4.90 Å². The molecule has 0 atom stereocenters. The number of hydrogen-bond donors (Lipinski definition) is 1. The van der Waals surface area contributed by atoms with Crippen molar-refractivity contribution in [3.63, 3.8) is 0 Å². The van der Waals surface area contributed by atoms with Crippen LogP contribution in [0.15, 0.2) is 0 Å². The molecule has 0 bridgehead atoms. The van der Waals surface area contributed by atoms with E-state index in [0.717, 1.165) is 32.1 Å². The molecule has 2 rings (SSSR count). The first-order chi connectivity index (χ1) is 10.1. The minimum Gasteiger partial charge on any atom is -0.444 e. The monoisotopic (exact) mass is 308 g/mol. The van der Waals surface area contributed by atoms with E-state index >= 15 is 0 Å². The molecule has 0 aromatic heterocycles. The molecule has 1 aliphatic carbocycles. The molecule has 0 radical (unpaired) electrons. The van der Waals surface area contributed by atoms with Crippen LogP contribution in [0, 0.1) is 22.7 Å². The first-order valence-electron chi connectivity index (χ1n) is 8.26. The molecule has 22 heavy (non-hydrogen) atoms. The summed E-state index contributed by atoms with van der Waals surface area (Å²) in [7, 11) is 0. The fraction of sp³-hybridized carbons (Fsp3) is 0.882. The lowest BCUT2D eigenvalue weighted by Crippen LogP contribution is -2.71. The van der Waals surface area contributed by atoms with Crippen molar-refractivity contribution in [1.29, 1.82) is 5.26 Å². The largest absolute Gasteiger partial charge is 0.444 e. The second kappa shape index (κ2) is 5.73. The highest BCUT2D eigenvalue weighted by molar-refractivity contribution is 5.70. The number of carbonyl (C=O) groups excluding carboxylic acids is 1. The number of hydrogen-bond acceptors (Lipinski definition) is 4. The topological polar surface area (TPSA) is 73.6 Å². The van der Waals surface area contributed by atoms with Crippen LogP contribution in [0.2, 0.25) is 0 Å². The van der Waals surface area contributed by atoms with E-state index in [1.54, 1.807) is 0 Å². The number of ether oxygens (including phenoxy) is 1. The summed E-state index contributed by atoms with van der Waals surface area (Å²) >= 11 is 0. The van der Waals surface area contributed by atoms with Gasteiger partial charge in [-0.05, 0) is 52.4 Å². The van der Waals surface area contributed by atoms with E-state index in [1.807, 2.05) is 20.8 Å². The summed E-state index contributed by atoms with van der Waals surface area (Å²) in [5.74, 6) is 0.659. The number of nitrogens with zero attached hydrogens (tertiary/aromatic N) is 2. The second-order valence-corrected chi connectivity index (χ2v) is 7.91. The Hall–Kier alpha value is -1.28. The van der Waals surface area contributed by atoms with Crippen LogP contribution in [-0.4, -0.2) is 40.4 Å². The Morgan fingerprint density at radius 1 is 1.36 bits per heavy atom. The predicted molar refractivity (Wildman–Crippen MR) is 83.1 cm³/mol. The van der Waals surface area contributed by atoms with Crippen LogP contribution in [0.3, 0.4) is 0 Å². The first kappa shape index (κ1) is 17.1. The molecule has 5 nitrogen and oxygen atoms in total. The van der Waals surface area contributed by atoms with Gasteiger partial charge in [0.2, 0.25) is 0 Å². The molecule has 124 valence electrons. The third-order valence-corrected chi connectivity index (χ3v) is 5.20. The molecule has 1 saturated heterocycles. The molecule has 0 aromatic carbocycles. The van der Waals surface area contributed by atoms with Gasteiger partial charge < -0.3 is 14.7 Å². The molecule has 1 N–H and O–H groups in total. The van der Waals surface area contributed by atoms with E-state index in [4.69, 9.17) is 4.74 Å². The van der Waals surface area contributed by atoms with E-state index in [-0.39, 0.29) is 13.1 Å². The van der Waals surface area contributed by atoms with Crippen LogP contribution in [0.1, 0.15) is 59.8 Å². The molecule has 0 spiro atoms. The Morgan fingerprint density at radius 3 is 2.32 bits per heavy atom. The van der Waals surface area contributed by atoms with Crippen molar-refractivity contribution in [3.8, 4) is 6.07 Å². The van der Waals surface area contributed by atoms with E-state index in [2.05, 4.69) is 13.0 Å². The van der Waals surface area contributed by atoms with Gasteiger partial charge in [0, 0.05) is 0 Å².